The van der Waals surface area contributed by atoms with E-state index in [9.17, 15) is 13.6 Å². The number of hydrogen-bond donors (Lipinski definition) is 1. The molecule has 0 bridgehead atoms. The van der Waals surface area contributed by atoms with Crippen molar-refractivity contribution in [2.75, 3.05) is 19.5 Å². The molecule has 1 amide bonds. The molecule has 21 heavy (non-hydrogen) atoms. The lowest BCUT2D eigenvalue weighted by Gasteiger charge is -2.10. The van der Waals surface area contributed by atoms with Crippen LogP contribution >= 0.6 is 0 Å². The molecule has 0 aliphatic rings. The highest BCUT2D eigenvalue weighted by molar-refractivity contribution is 6.04. The van der Waals surface area contributed by atoms with Crippen LogP contribution in [0.5, 0.6) is 11.5 Å². The maximum Gasteiger partial charge on any atom is 0.255 e. The van der Waals surface area contributed by atoms with E-state index in [-0.39, 0.29) is 5.56 Å². The quantitative estimate of drug-likeness (QED) is 0.941. The molecule has 0 aliphatic carbocycles. The molecule has 0 fully saturated rings. The number of rotatable bonds is 4. The Kier molecular flexibility index (Phi) is 4.37. The Morgan fingerprint density at radius 3 is 2.10 bits per heavy atom. The summed E-state index contributed by atoms with van der Waals surface area (Å²) in [6, 6.07) is 7.75. The average Bonchev–Trinajstić information content (AvgIpc) is 2.49. The summed E-state index contributed by atoms with van der Waals surface area (Å²) >= 11 is 0. The van der Waals surface area contributed by atoms with E-state index >= 15 is 0 Å². The molecule has 0 radical (unpaired) electrons. The van der Waals surface area contributed by atoms with Gasteiger partial charge in [0.15, 0.2) is 11.6 Å². The number of carbonyl (C=O) groups is 1. The average molecular weight is 293 g/mol. The first-order chi connectivity index (χ1) is 10.0. The number of hydrogen-bond acceptors (Lipinski definition) is 3. The normalized spacial score (nSPS) is 10.1. The van der Waals surface area contributed by atoms with Gasteiger partial charge in [-0.1, -0.05) is 0 Å². The van der Waals surface area contributed by atoms with E-state index in [2.05, 4.69) is 5.32 Å². The number of anilines is 1. The molecule has 0 saturated heterocycles. The van der Waals surface area contributed by atoms with Crippen LogP contribution in [0.4, 0.5) is 14.5 Å². The molecule has 0 spiro atoms. The van der Waals surface area contributed by atoms with Crippen molar-refractivity contribution in [1.29, 1.82) is 0 Å². The zero-order chi connectivity index (χ0) is 15.4. The fourth-order valence-corrected chi connectivity index (χ4v) is 1.72. The second kappa shape index (κ2) is 6.21. The molecule has 110 valence electrons. The summed E-state index contributed by atoms with van der Waals surface area (Å²) in [4.78, 5) is 12.0. The van der Waals surface area contributed by atoms with Crippen LogP contribution in [0.15, 0.2) is 36.4 Å². The Morgan fingerprint density at radius 2 is 1.57 bits per heavy atom. The van der Waals surface area contributed by atoms with Gasteiger partial charge in [-0.05, 0) is 18.2 Å². The molecule has 0 saturated carbocycles. The number of benzene rings is 2. The van der Waals surface area contributed by atoms with E-state index in [1.165, 1.54) is 20.3 Å². The Bertz CT molecular complexity index is 652. The van der Waals surface area contributed by atoms with Gasteiger partial charge in [-0.25, -0.2) is 8.78 Å². The van der Waals surface area contributed by atoms with E-state index < -0.39 is 17.5 Å². The number of carbonyl (C=O) groups excluding carboxylic acids is 1. The number of nitrogens with one attached hydrogen (secondary N) is 1. The highest BCUT2D eigenvalue weighted by atomic mass is 19.2. The summed E-state index contributed by atoms with van der Waals surface area (Å²) in [7, 11) is 2.96. The Morgan fingerprint density at radius 1 is 0.952 bits per heavy atom. The van der Waals surface area contributed by atoms with Gasteiger partial charge in [0.05, 0.1) is 14.2 Å². The van der Waals surface area contributed by atoms with Gasteiger partial charge in [0.2, 0.25) is 0 Å². The van der Waals surface area contributed by atoms with Crippen molar-refractivity contribution in [2.45, 2.75) is 0 Å². The molecule has 2 aromatic carbocycles. The van der Waals surface area contributed by atoms with Crippen LogP contribution in [0.2, 0.25) is 0 Å². The molecular weight excluding hydrogens is 280 g/mol. The number of amides is 1. The Hall–Kier alpha value is -2.63. The summed E-state index contributed by atoms with van der Waals surface area (Å²) in [6.07, 6.45) is 0. The minimum atomic E-state index is -1.08. The topological polar surface area (TPSA) is 47.6 Å². The van der Waals surface area contributed by atoms with Crippen LogP contribution in [-0.2, 0) is 0 Å². The molecular formula is C15H13F2NO3. The summed E-state index contributed by atoms with van der Waals surface area (Å²) < 4.78 is 36.1. The highest BCUT2D eigenvalue weighted by Gasteiger charge is 2.11. The smallest absolute Gasteiger partial charge is 0.255 e. The lowest BCUT2D eigenvalue weighted by atomic mass is 10.2. The van der Waals surface area contributed by atoms with Crippen molar-refractivity contribution >= 4 is 11.6 Å². The van der Waals surface area contributed by atoms with Gasteiger partial charge in [0.25, 0.3) is 5.91 Å². The van der Waals surface area contributed by atoms with E-state index in [1.807, 2.05) is 0 Å². The largest absolute Gasteiger partial charge is 0.497 e. The maximum atomic E-state index is 13.1. The molecule has 0 heterocycles. The second-order valence-corrected chi connectivity index (χ2v) is 4.18. The minimum absolute atomic E-state index is 0.00990. The van der Waals surface area contributed by atoms with Gasteiger partial charge < -0.3 is 14.8 Å². The van der Waals surface area contributed by atoms with E-state index in [4.69, 9.17) is 9.47 Å². The van der Waals surface area contributed by atoms with Crippen LogP contribution in [0.25, 0.3) is 0 Å². The molecule has 0 aliphatic heterocycles. The van der Waals surface area contributed by atoms with Crippen LogP contribution < -0.4 is 14.8 Å². The molecule has 2 rings (SSSR count). The zero-order valence-electron chi connectivity index (χ0n) is 11.4. The van der Waals surface area contributed by atoms with Gasteiger partial charge in [0, 0.05) is 29.4 Å². The maximum absolute atomic E-state index is 13.1. The number of methoxy groups -OCH3 is 2. The first-order valence-electron chi connectivity index (χ1n) is 6.03. The predicted octanol–water partition coefficient (Wildman–Crippen LogP) is 3.23. The monoisotopic (exact) mass is 293 g/mol. The van der Waals surface area contributed by atoms with E-state index in [1.54, 1.807) is 18.2 Å². The number of halogens is 2. The van der Waals surface area contributed by atoms with Gasteiger partial charge in [-0.2, -0.15) is 0 Å². The zero-order valence-corrected chi connectivity index (χ0v) is 11.4. The van der Waals surface area contributed by atoms with Crippen molar-refractivity contribution in [3.8, 4) is 11.5 Å². The van der Waals surface area contributed by atoms with Crippen molar-refractivity contribution in [3.63, 3.8) is 0 Å². The Labute approximate surface area is 120 Å². The first-order valence-corrected chi connectivity index (χ1v) is 6.03. The van der Waals surface area contributed by atoms with Crippen molar-refractivity contribution < 1.29 is 23.0 Å². The molecule has 0 aromatic heterocycles. The second-order valence-electron chi connectivity index (χ2n) is 4.18. The van der Waals surface area contributed by atoms with Crippen molar-refractivity contribution in [3.05, 3.63) is 53.6 Å². The molecule has 2 aromatic rings. The third kappa shape index (κ3) is 3.47. The van der Waals surface area contributed by atoms with Gasteiger partial charge in [-0.15, -0.1) is 0 Å². The van der Waals surface area contributed by atoms with Crippen LogP contribution in [0.3, 0.4) is 0 Å². The molecule has 0 atom stereocenters. The fraction of sp³-hybridized carbons (Fsp3) is 0.133. The standard InChI is InChI=1S/C15H13F2NO3/c1-20-11-6-10(7-12(8-11)21-2)18-15(19)9-3-4-13(16)14(17)5-9/h3-8H,1-2H3,(H,18,19). The summed E-state index contributed by atoms with van der Waals surface area (Å²) in [5.41, 5.74) is 0.427. The molecule has 4 nitrogen and oxygen atoms in total. The molecule has 0 unspecified atom stereocenters. The van der Waals surface area contributed by atoms with Gasteiger partial charge in [-0.3, -0.25) is 4.79 Å². The Balaban J connectivity index is 2.24. The van der Waals surface area contributed by atoms with Gasteiger partial charge in [0.1, 0.15) is 11.5 Å². The lowest BCUT2D eigenvalue weighted by molar-refractivity contribution is 0.102. The van der Waals surface area contributed by atoms with E-state index in [0.29, 0.717) is 17.2 Å². The lowest BCUT2D eigenvalue weighted by Crippen LogP contribution is -2.12. The molecule has 1 N–H and O–H groups in total. The van der Waals surface area contributed by atoms with Crippen LogP contribution in [0.1, 0.15) is 10.4 Å². The highest BCUT2D eigenvalue weighted by Crippen LogP contribution is 2.26. The van der Waals surface area contributed by atoms with Crippen LogP contribution in [0, 0.1) is 11.6 Å². The predicted molar refractivity (Wildman–Crippen MR) is 73.9 cm³/mol. The summed E-state index contributed by atoms with van der Waals surface area (Å²) in [5, 5.41) is 2.57. The summed E-state index contributed by atoms with van der Waals surface area (Å²) in [6.45, 7) is 0. The van der Waals surface area contributed by atoms with E-state index in [0.717, 1.165) is 12.1 Å². The number of ether oxygens (including phenoxy) is 2. The minimum Gasteiger partial charge on any atom is -0.497 e. The molecule has 6 heteroatoms. The van der Waals surface area contributed by atoms with Crippen molar-refractivity contribution in [2.24, 2.45) is 0 Å². The summed E-state index contributed by atoms with van der Waals surface area (Å²) in [5.74, 6) is -1.66. The van der Waals surface area contributed by atoms with Crippen LogP contribution in [-0.4, -0.2) is 20.1 Å². The third-order valence-corrected chi connectivity index (χ3v) is 2.79. The SMILES string of the molecule is COc1cc(NC(=O)c2ccc(F)c(F)c2)cc(OC)c1. The van der Waals surface area contributed by atoms with Crippen molar-refractivity contribution in [1.82, 2.24) is 0 Å². The fourth-order valence-electron chi connectivity index (χ4n) is 1.72. The van der Waals surface area contributed by atoms with Gasteiger partial charge >= 0.3 is 0 Å². The third-order valence-electron chi connectivity index (χ3n) is 2.79. The first kappa shape index (κ1) is 14.8.